The first kappa shape index (κ1) is 7.10. The topological polar surface area (TPSA) is 35.5 Å². The Morgan fingerprint density at radius 3 is 2.38 bits per heavy atom. The Morgan fingerprint density at radius 2 is 2.25 bits per heavy atom. The summed E-state index contributed by atoms with van der Waals surface area (Å²) in [6, 6.07) is 0. The summed E-state index contributed by atoms with van der Waals surface area (Å²) in [5.41, 5.74) is 0.0858. The molecule has 0 bridgehead atoms. The molecule has 0 aromatic carbocycles. The zero-order valence-corrected chi connectivity index (χ0v) is 4.31. The fraction of sp³-hybridized carbons (Fsp3) is 0.250. The third-order valence-electron chi connectivity index (χ3n) is 0.456. The number of rotatable bonds is 2. The van der Waals surface area contributed by atoms with Crippen molar-refractivity contribution in [3.05, 3.63) is 12.2 Å². The van der Waals surface area contributed by atoms with Crippen LogP contribution in [0.4, 0.5) is 4.53 Å². The van der Waals surface area contributed by atoms with Crippen LogP contribution in [-0.4, -0.2) is 5.97 Å². The third-order valence-corrected chi connectivity index (χ3v) is 0.456. The molecule has 0 spiro atoms. The number of hydrogen-bond donors (Lipinski definition) is 0. The molecular weight excluding hydrogens is 115 g/mol. The second kappa shape index (κ2) is 3.15. The zero-order chi connectivity index (χ0) is 6.57. The molecule has 0 atom stereocenters. The molecule has 0 heterocycles. The molecule has 0 amide bonds. The monoisotopic (exact) mass is 120 g/mol. The lowest BCUT2D eigenvalue weighted by molar-refractivity contribution is -0.396. The Bertz CT molecular complexity index is 110. The van der Waals surface area contributed by atoms with Crippen LogP contribution in [-0.2, 0) is 14.8 Å². The van der Waals surface area contributed by atoms with Gasteiger partial charge in [0.1, 0.15) is 0 Å². The van der Waals surface area contributed by atoms with Crippen LogP contribution in [0.15, 0.2) is 12.2 Å². The summed E-state index contributed by atoms with van der Waals surface area (Å²) in [7, 11) is 0. The predicted molar refractivity (Wildman–Crippen MR) is 23.1 cm³/mol. The summed E-state index contributed by atoms with van der Waals surface area (Å²) < 4.78 is 10.6. The van der Waals surface area contributed by atoms with E-state index in [1.54, 1.807) is 0 Å². The Morgan fingerprint density at radius 1 is 1.75 bits per heavy atom. The largest absolute Gasteiger partial charge is 0.371 e. The van der Waals surface area contributed by atoms with Gasteiger partial charge in [0.05, 0.1) is 0 Å². The van der Waals surface area contributed by atoms with Crippen LogP contribution in [0, 0.1) is 0 Å². The van der Waals surface area contributed by atoms with Gasteiger partial charge in [-0.3, -0.25) is 4.89 Å². The minimum Gasteiger partial charge on any atom is -0.260 e. The highest BCUT2D eigenvalue weighted by Gasteiger charge is 2.02. The van der Waals surface area contributed by atoms with Gasteiger partial charge in [0, 0.05) is 10.7 Å². The SMILES string of the molecule is C=C(C)C(=O)OOF. The van der Waals surface area contributed by atoms with Crippen molar-refractivity contribution >= 4 is 5.97 Å². The van der Waals surface area contributed by atoms with Crippen LogP contribution in [0.3, 0.4) is 0 Å². The summed E-state index contributed by atoms with van der Waals surface area (Å²) in [5.74, 6) is -0.910. The molecule has 0 aliphatic rings. The van der Waals surface area contributed by atoms with Crippen molar-refractivity contribution in [2.45, 2.75) is 6.92 Å². The maximum absolute atomic E-state index is 10.6. The summed E-state index contributed by atoms with van der Waals surface area (Å²) in [6.07, 6.45) is 0. The second-order valence-corrected chi connectivity index (χ2v) is 1.21. The lowest BCUT2D eigenvalue weighted by Crippen LogP contribution is -2.01. The van der Waals surface area contributed by atoms with Gasteiger partial charge in [-0.25, -0.2) is 4.79 Å². The molecule has 0 aromatic heterocycles. The van der Waals surface area contributed by atoms with Crippen molar-refractivity contribution in [1.82, 2.24) is 0 Å². The fourth-order valence-electron chi connectivity index (χ4n) is 0.0997. The van der Waals surface area contributed by atoms with Crippen molar-refractivity contribution in [2.24, 2.45) is 0 Å². The summed E-state index contributed by atoms with van der Waals surface area (Å²) >= 11 is 0. The Hall–Kier alpha value is -0.900. The van der Waals surface area contributed by atoms with Gasteiger partial charge in [-0.2, -0.15) is 0 Å². The van der Waals surface area contributed by atoms with Crippen LogP contribution in [0.1, 0.15) is 6.92 Å². The first-order chi connectivity index (χ1) is 3.68. The molecule has 46 valence electrons. The molecule has 0 aliphatic carbocycles. The lowest BCUT2D eigenvalue weighted by atomic mass is 10.4. The van der Waals surface area contributed by atoms with Gasteiger partial charge in [-0.05, 0) is 11.4 Å². The summed E-state index contributed by atoms with van der Waals surface area (Å²) in [6.45, 7) is 4.53. The smallest absolute Gasteiger partial charge is 0.260 e. The van der Waals surface area contributed by atoms with Crippen LogP contribution >= 0.6 is 0 Å². The maximum Gasteiger partial charge on any atom is 0.371 e. The molecule has 3 nitrogen and oxygen atoms in total. The first-order valence-corrected chi connectivity index (χ1v) is 1.83. The average Bonchev–Trinajstić information content (AvgIpc) is 1.67. The van der Waals surface area contributed by atoms with Crippen LogP contribution in [0.5, 0.6) is 0 Å². The minimum atomic E-state index is -0.910. The van der Waals surface area contributed by atoms with E-state index >= 15 is 0 Å². The van der Waals surface area contributed by atoms with Gasteiger partial charge in [-0.15, -0.1) is 0 Å². The van der Waals surface area contributed by atoms with Gasteiger partial charge in [0.25, 0.3) is 0 Å². The van der Waals surface area contributed by atoms with Crippen LogP contribution in [0.25, 0.3) is 0 Å². The van der Waals surface area contributed by atoms with Gasteiger partial charge in [0.15, 0.2) is 0 Å². The van der Waals surface area contributed by atoms with E-state index < -0.39 is 5.97 Å². The molecule has 0 aromatic rings. The number of halogens is 1. The maximum atomic E-state index is 10.6. The van der Waals surface area contributed by atoms with Crippen molar-refractivity contribution in [3.8, 4) is 0 Å². The van der Waals surface area contributed by atoms with Crippen molar-refractivity contribution in [2.75, 3.05) is 0 Å². The minimum absolute atomic E-state index is 0.0858. The average molecular weight is 120 g/mol. The quantitative estimate of drug-likeness (QED) is 0.309. The van der Waals surface area contributed by atoms with E-state index in [-0.39, 0.29) is 5.57 Å². The first-order valence-electron chi connectivity index (χ1n) is 1.83. The van der Waals surface area contributed by atoms with Gasteiger partial charge < -0.3 is 0 Å². The van der Waals surface area contributed by atoms with Gasteiger partial charge in [-0.1, -0.05) is 6.58 Å². The van der Waals surface area contributed by atoms with E-state index in [0.717, 1.165) is 0 Å². The molecule has 4 heteroatoms. The zero-order valence-electron chi connectivity index (χ0n) is 4.31. The molecule has 0 saturated heterocycles. The van der Waals surface area contributed by atoms with E-state index in [9.17, 15) is 9.32 Å². The normalized spacial score (nSPS) is 8.25. The standard InChI is InChI=1S/C4H5FO3/c1-3(2)4(6)7-8-5/h1H2,2H3. The van der Waals surface area contributed by atoms with E-state index in [2.05, 4.69) is 16.6 Å². The molecule has 0 saturated carbocycles. The predicted octanol–water partition coefficient (Wildman–Crippen LogP) is 0.922. The molecule has 0 N–H and O–H groups in total. The van der Waals surface area contributed by atoms with Gasteiger partial charge in [0.2, 0.25) is 0 Å². The molecule has 8 heavy (non-hydrogen) atoms. The van der Waals surface area contributed by atoms with E-state index in [0.29, 0.717) is 0 Å². The molecule has 0 unspecified atom stereocenters. The van der Waals surface area contributed by atoms with Crippen molar-refractivity contribution < 1.29 is 19.3 Å². The van der Waals surface area contributed by atoms with E-state index in [4.69, 9.17) is 0 Å². The second-order valence-electron chi connectivity index (χ2n) is 1.21. The molecule has 0 radical (unpaired) electrons. The highest BCUT2D eigenvalue weighted by molar-refractivity contribution is 5.86. The van der Waals surface area contributed by atoms with Crippen molar-refractivity contribution in [1.29, 1.82) is 0 Å². The number of hydrogen-bond acceptors (Lipinski definition) is 3. The lowest BCUT2D eigenvalue weighted by Gasteiger charge is -1.90. The third kappa shape index (κ3) is 2.30. The summed E-state index contributed by atoms with van der Waals surface area (Å²) in [5, 5.41) is 2.55. The summed E-state index contributed by atoms with van der Waals surface area (Å²) in [4.78, 5) is 13.5. The molecule has 0 rings (SSSR count). The molecule has 0 fully saturated rings. The highest BCUT2D eigenvalue weighted by Crippen LogP contribution is 1.91. The number of carbonyl (C=O) groups excluding carboxylic acids is 1. The highest BCUT2D eigenvalue weighted by atomic mass is 19.3. The van der Waals surface area contributed by atoms with Gasteiger partial charge >= 0.3 is 5.97 Å². The number of carbonyl (C=O) groups is 1. The van der Waals surface area contributed by atoms with Crippen LogP contribution < -0.4 is 0 Å². The van der Waals surface area contributed by atoms with Crippen LogP contribution in [0.2, 0.25) is 0 Å². The van der Waals surface area contributed by atoms with E-state index in [1.807, 2.05) is 0 Å². The van der Waals surface area contributed by atoms with E-state index in [1.165, 1.54) is 6.92 Å². The Balaban J connectivity index is 3.49. The molecular formula is C4H5FO3. The Labute approximate surface area is 45.5 Å². The van der Waals surface area contributed by atoms with Crippen molar-refractivity contribution in [3.63, 3.8) is 0 Å². The Kier molecular flexibility index (Phi) is 2.79. The molecule has 0 aliphatic heterocycles. The fourth-order valence-corrected chi connectivity index (χ4v) is 0.0997.